The van der Waals surface area contributed by atoms with Gasteiger partial charge in [-0.3, -0.25) is 14.4 Å². The van der Waals surface area contributed by atoms with Crippen molar-refractivity contribution in [1.29, 1.82) is 0 Å². The highest BCUT2D eigenvalue weighted by atomic mass is 16.6. The molecule has 0 amide bonds. The summed E-state index contributed by atoms with van der Waals surface area (Å²) in [7, 11) is 0. The van der Waals surface area contributed by atoms with E-state index < -0.39 is 6.10 Å². The molecule has 1 N–H and O–H groups in total. The van der Waals surface area contributed by atoms with Crippen LogP contribution in [0.25, 0.3) is 0 Å². The summed E-state index contributed by atoms with van der Waals surface area (Å²) < 4.78 is 16.9. The molecule has 7 heteroatoms. The number of rotatable bonds is 55. The predicted molar refractivity (Wildman–Crippen MR) is 281 cm³/mol. The highest BCUT2D eigenvalue weighted by molar-refractivity contribution is 5.71. The molecule has 392 valence electrons. The Labute approximate surface area is 411 Å². The van der Waals surface area contributed by atoms with Gasteiger partial charge < -0.3 is 19.3 Å². The molecule has 0 aliphatic rings. The van der Waals surface area contributed by atoms with E-state index in [1.807, 2.05) is 0 Å². The first-order chi connectivity index (χ1) is 32.4. The molecule has 0 saturated heterocycles. The monoisotopic (exact) mass is 935 g/mol. The standard InChI is InChI=1S/C59H114O7/c1-4-7-10-12-14-16-18-20-21-22-23-24-25-27-28-32-36-40-45-50-57(61)64-53-56(66-59(63)52-47-42-38-33-29-26-19-17-15-13-11-8-5-2)54-65-58(62)51-46-41-37-34-30-31-35-39-44-49-55(60)48-43-9-6-3/h55-56,60H,4-54H2,1-3H3. The number of hydrogen-bond donors (Lipinski definition) is 1. The third-order valence-corrected chi connectivity index (χ3v) is 13.7. The molecular formula is C59H114O7. The summed E-state index contributed by atoms with van der Waals surface area (Å²) in [5, 5.41) is 10.1. The molecule has 0 radical (unpaired) electrons. The quantitative estimate of drug-likeness (QED) is 0.0368. The molecule has 0 aromatic rings. The maximum atomic E-state index is 12.8. The fourth-order valence-electron chi connectivity index (χ4n) is 9.17. The van der Waals surface area contributed by atoms with E-state index in [1.165, 1.54) is 212 Å². The molecule has 0 saturated carbocycles. The second-order valence-electron chi connectivity index (χ2n) is 20.5. The minimum Gasteiger partial charge on any atom is -0.462 e. The molecule has 0 spiro atoms. The summed E-state index contributed by atoms with van der Waals surface area (Å²) in [6.45, 7) is 6.60. The molecule has 0 aliphatic carbocycles. The van der Waals surface area contributed by atoms with Gasteiger partial charge in [-0.2, -0.15) is 0 Å². The summed E-state index contributed by atoms with van der Waals surface area (Å²) in [5.74, 6) is -0.874. The Balaban J connectivity index is 4.28. The Morgan fingerprint density at radius 2 is 0.515 bits per heavy atom. The summed E-state index contributed by atoms with van der Waals surface area (Å²) in [5.41, 5.74) is 0. The van der Waals surface area contributed by atoms with Crippen LogP contribution in [0.4, 0.5) is 0 Å². The summed E-state index contributed by atoms with van der Waals surface area (Å²) in [6.07, 6.45) is 56.8. The molecular weight excluding hydrogens is 821 g/mol. The normalized spacial score (nSPS) is 12.4. The van der Waals surface area contributed by atoms with Gasteiger partial charge in [0.25, 0.3) is 0 Å². The Morgan fingerprint density at radius 1 is 0.303 bits per heavy atom. The average molecular weight is 936 g/mol. The lowest BCUT2D eigenvalue weighted by Gasteiger charge is -2.18. The Morgan fingerprint density at radius 3 is 0.803 bits per heavy atom. The van der Waals surface area contributed by atoms with E-state index in [0.717, 1.165) is 83.5 Å². The number of aliphatic hydroxyl groups excluding tert-OH is 1. The van der Waals surface area contributed by atoms with Crippen LogP contribution in [0.3, 0.4) is 0 Å². The molecule has 0 fully saturated rings. The van der Waals surface area contributed by atoms with Gasteiger partial charge in [0.05, 0.1) is 6.10 Å². The molecule has 2 atom stereocenters. The van der Waals surface area contributed by atoms with Crippen LogP contribution in [0.15, 0.2) is 0 Å². The van der Waals surface area contributed by atoms with E-state index in [9.17, 15) is 19.5 Å². The smallest absolute Gasteiger partial charge is 0.306 e. The van der Waals surface area contributed by atoms with Gasteiger partial charge in [0.1, 0.15) is 13.2 Å². The van der Waals surface area contributed by atoms with E-state index in [1.54, 1.807) is 0 Å². The van der Waals surface area contributed by atoms with Crippen molar-refractivity contribution in [3.63, 3.8) is 0 Å². The molecule has 0 aliphatic heterocycles. The largest absolute Gasteiger partial charge is 0.462 e. The fraction of sp³-hybridized carbons (Fsp3) is 0.949. The van der Waals surface area contributed by atoms with E-state index in [0.29, 0.717) is 19.3 Å². The number of esters is 3. The Bertz CT molecular complexity index is 1000. The van der Waals surface area contributed by atoms with Gasteiger partial charge >= 0.3 is 17.9 Å². The third-order valence-electron chi connectivity index (χ3n) is 13.7. The number of unbranched alkanes of at least 4 members (excludes halogenated alkanes) is 40. The molecule has 0 aromatic carbocycles. The number of aliphatic hydroxyl groups is 1. The minimum atomic E-state index is -0.776. The second-order valence-corrected chi connectivity index (χ2v) is 20.5. The van der Waals surface area contributed by atoms with Gasteiger partial charge in [-0.25, -0.2) is 0 Å². The lowest BCUT2D eigenvalue weighted by Crippen LogP contribution is -2.30. The molecule has 0 bridgehead atoms. The topological polar surface area (TPSA) is 99.1 Å². The van der Waals surface area contributed by atoms with Crippen molar-refractivity contribution in [1.82, 2.24) is 0 Å². The minimum absolute atomic E-state index is 0.0743. The van der Waals surface area contributed by atoms with E-state index in [4.69, 9.17) is 14.2 Å². The molecule has 7 nitrogen and oxygen atoms in total. The number of hydrogen-bond acceptors (Lipinski definition) is 7. The van der Waals surface area contributed by atoms with Crippen LogP contribution >= 0.6 is 0 Å². The van der Waals surface area contributed by atoms with Crippen LogP contribution in [-0.2, 0) is 28.6 Å². The Hall–Kier alpha value is -1.63. The van der Waals surface area contributed by atoms with Crippen LogP contribution in [0.1, 0.15) is 335 Å². The van der Waals surface area contributed by atoms with Crippen LogP contribution in [0.2, 0.25) is 0 Å². The highest BCUT2D eigenvalue weighted by Crippen LogP contribution is 2.18. The van der Waals surface area contributed by atoms with Crippen molar-refractivity contribution in [2.75, 3.05) is 13.2 Å². The van der Waals surface area contributed by atoms with Gasteiger partial charge in [-0.1, -0.05) is 284 Å². The van der Waals surface area contributed by atoms with Gasteiger partial charge in [0.15, 0.2) is 6.10 Å². The molecule has 0 rings (SSSR count). The zero-order valence-corrected chi connectivity index (χ0v) is 44.6. The number of carbonyl (C=O) groups is 3. The van der Waals surface area contributed by atoms with E-state index in [-0.39, 0.29) is 37.2 Å². The zero-order valence-electron chi connectivity index (χ0n) is 44.6. The molecule has 66 heavy (non-hydrogen) atoms. The first-order valence-electron chi connectivity index (χ1n) is 29.6. The molecule has 0 aromatic heterocycles. The zero-order chi connectivity index (χ0) is 48.1. The maximum absolute atomic E-state index is 12.8. The third kappa shape index (κ3) is 51.8. The summed E-state index contributed by atoms with van der Waals surface area (Å²) in [6, 6.07) is 0. The molecule has 0 heterocycles. The SMILES string of the molecule is CCCCCCCCCCCCCCCCCCCCCC(=O)OCC(COC(=O)CCCCCCCCCCCC(O)CCCCC)OC(=O)CCCCCCCCCCCCCCC. The first-order valence-corrected chi connectivity index (χ1v) is 29.6. The van der Waals surface area contributed by atoms with Crippen molar-refractivity contribution >= 4 is 17.9 Å². The van der Waals surface area contributed by atoms with Crippen molar-refractivity contribution in [3.8, 4) is 0 Å². The van der Waals surface area contributed by atoms with Crippen LogP contribution < -0.4 is 0 Å². The number of carbonyl (C=O) groups excluding carboxylic acids is 3. The van der Waals surface area contributed by atoms with Crippen LogP contribution in [0.5, 0.6) is 0 Å². The van der Waals surface area contributed by atoms with Crippen molar-refractivity contribution in [2.45, 2.75) is 348 Å². The van der Waals surface area contributed by atoms with Crippen molar-refractivity contribution in [3.05, 3.63) is 0 Å². The van der Waals surface area contributed by atoms with E-state index >= 15 is 0 Å². The van der Waals surface area contributed by atoms with Gasteiger partial charge in [-0.05, 0) is 32.1 Å². The van der Waals surface area contributed by atoms with Crippen LogP contribution in [-0.4, -0.2) is 48.4 Å². The first kappa shape index (κ1) is 64.4. The fourth-order valence-corrected chi connectivity index (χ4v) is 9.17. The predicted octanol–water partition coefficient (Wildman–Crippen LogP) is 18.5. The second kappa shape index (κ2) is 54.3. The van der Waals surface area contributed by atoms with Crippen LogP contribution in [0, 0.1) is 0 Å². The maximum Gasteiger partial charge on any atom is 0.306 e. The van der Waals surface area contributed by atoms with Gasteiger partial charge in [-0.15, -0.1) is 0 Å². The lowest BCUT2D eigenvalue weighted by atomic mass is 10.0. The van der Waals surface area contributed by atoms with Crippen molar-refractivity contribution < 1.29 is 33.7 Å². The lowest BCUT2D eigenvalue weighted by molar-refractivity contribution is -0.167. The van der Waals surface area contributed by atoms with Gasteiger partial charge in [0.2, 0.25) is 0 Å². The average Bonchev–Trinajstić information content (AvgIpc) is 3.31. The van der Waals surface area contributed by atoms with Gasteiger partial charge in [0, 0.05) is 19.3 Å². The summed E-state index contributed by atoms with van der Waals surface area (Å²) in [4.78, 5) is 38.1. The number of ether oxygens (including phenoxy) is 3. The summed E-state index contributed by atoms with van der Waals surface area (Å²) >= 11 is 0. The van der Waals surface area contributed by atoms with E-state index in [2.05, 4.69) is 20.8 Å². The van der Waals surface area contributed by atoms with Crippen molar-refractivity contribution in [2.24, 2.45) is 0 Å². The highest BCUT2D eigenvalue weighted by Gasteiger charge is 2.19. The molecule has 2 unspecified atom stereocenters. The Kier molecular flexibility index (Phi) is 53.0.